The molecule has 0 unspecified atom stereocenters. The van der Waals surface area contributed by atoms with Crippen LogP contribution >= 0.6 is 0 Å². The molecule has 0 N–H and O–H groups in total. The summed E-state index contributed by atoms with van der Waals surface area (Å²) in [5, 5.41) is 0. The van der Waals surface area contributed by atoms with Gasteiger partial charge in [0, 0.05) is 0 Å². The Hall–Kier alpha value is -1.31. The number of hydrogen-bond donors (Lipinski definition) is 0. The summed E-state index contributed by atoms with van der Waals surface area (Å²) in [5.41, 5.74) is 0.715. The third-order valence-electron chi connectivity index (χ3n) is 4.73. The first kappa shape index (κ1) is 15.1. The second-order valence-corrected chi connectivity index (χ2v) is 7.10. The number of carbonyl (C=O) groups is 1. The fourth-order valence-electron chi connectivity index (χ4n) is 3.30. The van der Waals surface area contributed by atoms with Crippen molar-refractivity contribution in [1.82, 2.24) is 0 Å². The zero-order chi connectivity index (χ0) is 14.8. The normalized spacial score (nSPS) is 18.6. The number of ether oxygens (including phenoxy) is 1. The molecule has 1 fully saturated rings. The number of benzene rings is 1. The van der Waals surface area contributed by atoms with Gasteiger partial charge in [-0.2, -0.15) is 0 Å². The smallest absolute Gasteiger partial charge is 0.317 e. The van der Waals surface area contributed by atoms with Crippen LogP contribution in [-0.2, 0) is 4.79 Å². The first-order valence-corrected chi connectivity index (χ1v) is 7.64. The van der Waals surface area contributed by atoms with Gasteiger partial charge in [-0.15, -0.1) is 0 Å². The second-order valence-electron chi connectivity index (χ2n) is 7.10. The third kappa shape index (κ3) is 2.89. The molecule has 1 aliphatic carbocycles. The highest BCUT2D eigenvalue weighted by molar-refractivity contribution is 5.80. The van der Waals surface area contributed by atoms with Gasteiger partial charge in [0.2, 0.25) is 0 Å². The van der Waals surface area contributed by atoms with Crippen LogP contribution in [0.15, 0.2) is 24.3 Å². The molecule has 2 nitrogen and oxygen atoms in total. The summed E-state index contributed by atoms with van der Waals surface area (Å²) < 4.78 is 5.73. The summed E-state index contributed by atoms with van der Waals surface area (Å²) >= 11 is 0. The lowest BCUT2D eigenvalue weighted by Crippen LogP contribution is -2.46. The monoisotopic (exact) mass is 274 g/mol. The van der Waals surface area contributed by atoms with Crippen molar-refractivity contribution in [3.05, 3.63) is 29.8 Å². The highest BCUT2D eigenvalue weighted by atomic mass is 16.5. The molecule has 0 spiro atoms. The Bertz CT molecular complexity index is 476. The average Bonchev–Trinajstić information content (AvgIpc) is 2.38. The lowest BCUT2D eigenvalue weighted by Gasteiger charge is -2.45. The van der Waals surface area contributed by atoms with Gasteiger partial charge in [0.25, 0.3) is 0 Å². The van der Waals surface area contributed by atoms with Crippen LogP contribution in [-0.4, -0.2) is 5.97 Å². The van der Waals surface area contributed by atoms with E-state index in [1.807, 2.05) is 31.2 Å². The van der Waals surface area contributed by atoms with E-state index >= 15 is 0 Å². The zero-order valence-electron chi connectivity index (χ0n) is 13.2. The highest BCUT2D eigenvalue weighted by Crippen LogP contribution is 2.50. The van der Waals surface area contributed by atoms with Gasteiger partial charge in [0.15, 0.2) is 0 Å². The summed E-state index contributed by atoms with van der Waals surface area (Å²) in [7, 11) is 0. The molecule has 1 aliphatic rings. The first-order valence-electron chi connectivity index (χ1n) is 7.64. The maximum absolute atomic E-state index is 12.8. The van der Waals surface area contributed by atoms with E-state index in [0.717, 1.165) is 31.2 Å². The standard InChI is InChI=1S/C18H26O2/c1-14-9-8-10-15(13-14)20-16(19)18(17(2,3)4)11-6-5-7-12-18/h8-10,13H,5-7,11-12H2,1-4H3. The summed E-state index contributed by atoms with van der Waals surface area (Å²) in [4.78, 5) is 12.8. The molecule has 1 saturated carbocycles. The van der Waals surface area contributed by atoms with Crippen LogP contribution in [0.25, 0.3) is 0 Å². The van der Waals surface area contributed by atoms with Crippen LogP contribution in [0, 0.1) is 17.8 Å². The van der Waals surface area contributed by atoms with E-state index in [1.165, 1.54) is 6.42 Å². The first-order chi connectivity index (χ1) is 9.35. The van der Waals surface area contributed by atoms with Gasteiger partial charge in [0.05, 0.1) is 5.41 Å². The Balaban J connectivity index is 2.23. The largest absolute Gasteiger partial charge is 0.426 e. The van der Waals surface area contributed by atoms with Gasteiger partial charge in [-0.05, 0) is 42.9 Å². The lowest BCUT2D eigenvalue weighted by molar-refractivity contribution is -0.156. The molecule has 110 valence electrons. The minimum absolute atomic E-state index is 0.0460. The average molecular weight is 274 g/mol. The molecular formula is C18H26O2. The van der Waals surface area contributed by atoms with E-state index < -0.39 is 0 Å². The van der Waals surface area contributed by atoms with E-state index in [4.69, 9.17) is 4.74 Å². The van der Waals surface area contributed by atoms with Crippen LogP contribution < -0.4 is 4.74 Å². The highest BCUT2D eigenvalue weighted by Gasteiger charge is 2.50. The molecule has 2 rings (SSSR count). The number of esters is 1. The fraction of sp³-hybridized carbons (Fsp3) is 0.611. The number of carbonyl (C=O) groups excluding carboxylic acids is 1. The number of aryl methyl sites for hydroxylation is 1. The number of hydrogen-bond acceptors (Lipinski definition) is 2. The molecule has 0 bridgehead atoms. The van der Waals surface area contributed by atoms with Crippen molar-refractivity contribution in [2.45, 2.75) is 59.8 Å². The Morgan fingerprint density at radius 3 is 2.35 bits per heavy atom. The van der Waals surface area contributed by atoms with Crippen LogP contribution in [0.4, 0.5) is 0 Å². The zero-order valence-corrected chi connectivity index (χ0v) is 13.2. The second kappa shape index (κ2) is 5.59. The molecule has 20 heavy (non-hydrogen) atoms. The van der Waals surface area contributed by atoms with Crippen LogP contribution in [0.5, 0.6) is 5.75 Å². The fourth-order valence-corrected chi connectivity index (χ4v) is 3.30. The minimum Gasteiger partial charge on any atom is -0.426 e. The van der Waals surface area contributed by atoms with Gasteiger partial charge in [0.1, 0.15) is 5.75 Å². The SMILES string of the molecule is Cc1cccc(OC(=O)C2(C(C)(C)C)CCCCC2)c1. The predicted octanol–water partition coefficient (Wildman–Crippen LogP) is 4.90. The molecule has 0 amide bonds. The minimum atomic E-state index is -0.338. The van der Waals surface area contributed by atoms with Gasteiger partial charge < -0.3 is 4.74 Å². The quantitative estimate of drug-likeness (QED) is 0.566. The molecule has 0 radical (unpaired) electrons. The molecule has 0 aromatic heterocycles. The summed E-state index contributed by atoms with van der Waals surface area (Å²) in [6.45, 7) is 8.50. The van der Waals surface area contributed by atoms with Gasteiger partial charge in [-0.25, -0.2) is 0 Å². The molecule has 0 heterocycles. The van der Waals surface area contributed by atoms with Crippen molar-refractivity contribution in [3.8, 4) is 5.75 Å². The van der Waals surface area contributed by atoms with Gasteiger partial charge in [-0.3, -0.25) is 4.79 Å². The molecular weight excluding hydrogens is 248 g/mol. The summed E-state index contributed by atoms with van der Waals surface area (Å²) in [6.07, 6.45) is 5.37. The molecule has 0 aliphatic heterocycles. The number of rotatable bonds is 2. The van der Waals surface area contributed by atoms with Gasteiger partial charge >= 0.3 is 5.97 Å². The Kier molecular flexibility index (Phi) is 4.22. The Morgan fingerprint density at radius 2 is 1.80 bits per heavy atom. The predicted molar refractivity (Wildman–Crippen MR) is 81.8 cm³/mol. The molecule has 1 aromatic carbocycles. The molecule has 0 saturated heterocycles. The van der Waals surface area contributed by atoms with Crippen LogP contribution in [0.2, 0.25) is 0 Å². The van der Waals surface area contributed by atoms with Crippen molar-refractivity contribution in [2.75, 3.05) is 0 Å². The Morgan fingerprint density at radius 1 is 1.15 bits per heavy atom. The van der Waals surface area contributed by atoms with Crippen molar-refractivity contribution in [1.29, 1.82) is 0 Å². The summed E-state index contributed by atoms with van der Waals surface area (Å²) in [6, 6.07) is 7.74. The Labute approximate surface area is 122 Å². The van der Waals surface area contributed by atoms with Crippen molar-refractivity contribution in [2.24, 2.45) is 10.8 Å². The molecule has 2 heteroatoms. The van der Waals surface area contributed by atoms with Crippen molar-refractivity contribution >= 4 is 5.97 Å². The van der Waals surface area contributed by atoms with E-state index in [9.17, 15) is 4.79 Å². The van der Waals surface area contributed by atoms with Crippen LogP contribution in [0.1, 0.15) is 58.4 Å². The van der Waals surface area contributed by atoms with E-state index in [2.05, 4.69) is 20.8 Å². The summed E-state index contributed by atoms with van der Waals surface area (Å²) in [5.74, 6) is 0.625. The van der Waals surface area contributed by atoms with Crippen LogP contribution in [0.3, 0.4) is 0 Å². The lowest BCUT2D eigenvalue weighted by atomic mass is 9.59. The van der Waals surface area contributed by atoms with Gasteiger partial charge in [-0.1, -0.05) is 52.2 Å². The maximum atomic E-state index is 12.8. The molecule has 0 atom stereocenters. The van der Waals surface area contributed by atoms with E-state index in [-0.39, 0.29) is 16.8 Å². The van der Waals surface area contributed by atoms with Crippen molar-refractivity contribution in [3.63, 3.8) is 0 Å². The van der Waals surface area contributed by atoms with E-state index in [0.29, 0.717) is 5.75 Å². The molecule has 1 aromatic rings. The van der Waals surface area contributed by atoms with Crippen molar-refractivity contribution < 1.29 is 9.53 Å². The topological polar surface area (TPSA) is 26.3 Å². The maximum Gasteiger partial charge on any atom is 0.317 e. The third-order valence-corrected chi connectivity index (χ3v) is 4.73. The van der Waals surface area contributed by atoms with E-state index in [1.54, 1.807) is 0 Å².